The molecule has 1 atom stereocenters. The zero-order chi connectivity index (χ0) is 10.9. The summed E-state index contributed by atoms with van der Waals surface area (Å²) in [7, 11) is 0. The summed E-state index contributed by atoms with van der Waals surface area (Å²) in [4.78, 5) is 11.2. The molecule has 2 N–H and O–H groups in total. The number of aliphatic carboxylic acids is 1. The van der Waals surface area contributed by atoms with E-state index < -0.39 is 11.5 Å². The van der Waals surface area contributed by atoms with Crippen LogP contribution in [0.3, 0.4) is 0 Å². The molecule has 1 saturated heterocycles. The minimum Gasteiger partial charge on any atom is -0.480 e. The van der Waals surface area contributed by atoms with E-state index in [4.69, 9.17) is 4.74 Å². The maximum atomic E-state index is 11.2. The van der Waals surface area contributed by atoms with Crippen LogP contribution in [-0.4, -0.2) is 46.9 Å². The van der Waals surface area contributed by atoms with Gasteiger partial charge in [-0.25, -0.2) is 0 Å². The number of hydrogen-bond acceptors (Lipinski definition) is 4. The highest BCUT2D eigenvalue weighted by atomic mass is 32.2. The Labute approximate surface area is 93.8 Å². The Morgan fingerprint density at radius 3 is 2.67 bits per heavy atom. The lowest BCUT2D eigenvalue weighted by Gasteiger charge is -2.31. The predicted octanol–water partition coefficient (Wildman–Crippen LogP) is 0.714. The average Bonchev–Trinajstić information content (AvgIpc) is 2.85. The zero-order valence-electron chi connectivity index (χ0n) is 8.86. The highest BCUT2D eigenvalue weighted by Crippen LogP contribution is 2.27. The van der Waals surface area contributed by atoms with E-state index in [-0.39, 0.29) is 0 Å². The van der Waals surface area contributed by atoms with Crippen molar-refractivity contribution >= 4 is 17.7 Å². The topological polar surface area (TPSA) is 58.6 Å². The smallest absolute Gasteiger partial charge is 0.324 e. The summed E-state index contributed by atoms with van der Waals surface area (Å²) in [6, 6.07) is 0.421. The molecule has 1 saturated carbocycles. The van der Waals surface area contributed by atoms with Crippen LogP contribution in [0.2, 0.25) is 0 Å². The number of rotatable bonds is 6. The van der Waals surface area contributed by atoms with Gasteiger partial charge in [0.25, 0.3) is 0 Å². The van der Waals surface area contributed by atoms with Crippen molar-refractivity contribution in [2.24, 2.45) is 0 Å². The van der Waals surface area contributed by atoms with Gasteiger partial charge in [-0.1, -0.05) is 0 Å². The molecule has 2 aliphatic rings. The molecule has 1 aliphatic heterocycles. The fraction of sp³-hybridized carbons (Fsp3) is 0.900. The molecule has 1 unspecified atom stereocenters. The molecular weight excluding hydrogens is 214 g/mol. The van der Waals surface area contributed by atoms with E-state index in [9.17, 15) is 9.90 Å². The number of ether oxygens (including phenoxy) is 1. The van der Waals surface area contributed by atoms with Crippen LogP contribution in [0.1, 0.15) is 19.8 Å². The molecule has 15 heavy (non-hydrogen) atoms. The Balaban J connectivity index is 1.82. The molecule has 0 aromatic rings. The van der Waals surface area contributed by atoms with Crippen molar-refractivity contribution in [2.45, 2.75) is 36.6 Å². The summed E-state index contributed by atoms with van der Waals surface area (Å²) >= 11 is 1.70. The fourth-order valence-corrected chi connectivity index (χ4v) is 2.60. The molecule has 0 radical (unpaired) electrons. The van der Waals surface area contributed by atoms with E-state index in [1.165, 1.54) is 0 Å². The highest BCUT2D eigenvalue weighted by Gasteiger charge is 2.39. The summed E-state index contributed by atoms with van der Waals surface area (Å²) in [5.41, 5.74) is -0.776. The van der Waals surface area contributed by atoms with E-state index >= 15 is 0 Å². The summed E-state index contributed by atoms with van der Waals surface area (Å²) in [5.74, 6) is -0.130. The maximum absolute atomic E-state index is 11.2. The Morgan fingerprint density at radius 1 is 1.60 bits per heavy atom. The van der Waals surface area contributed by atoms with Gasteiger partial charge in [-0.05, 0) is 19.8 Å². The number of thioether (sulfide) groups is 1. The molecule has 0 spiro atoms. The first-order valence-electron chi connectivity index (χ1n) is 5.30. The van der Waals surface area contributed by atoms with E-state index in [2.05, 4.69) is 5.32 Å². The molecule has 2 fully saturated rings. The summed E-state index contributed by atoms with van der Waals surface area (Å²) in [6.07, 6.45) is 2.22. The van der Waals surface area contributed by atoms with E-state index in [0.717, 1.165) is 26.1 Å². The first kappa shape index (κ1) is 11.2. The zero-order valence-corrected chi connectivity index (χ0v) is 9.68. The second-order valence-corrected chi connectivity index (χ2v) is 5.82. The number of carboxylic acids is 1. The third-order valence-electron chi connectivity index (χ3n) is 2.79. The standard InChI is InChI=1S/C10H17NO3S/c1-10(9(12)13,11-7-2-3-7)6-15-8-4-14-5-8/h7-8,11H,2-6H2,1H3,(H,12,13). The number of nitrogens with one attached hydrogen (secondary N) is 1. The molecule has 0 amide bonds. The van der Waals surface area contributed by atoms with Crippen molar-refractivity contribution in [1.29, 1.82) is 0 Å². The lowest BCUT2D eigenvalue weighted by atomic mass is 10.1. The van der Waals surface area contributed by atoms with Gasteiger partial charge in [0, 0.05) is 11.8 Å². The van der Waals surface area contributed by atoms with Gasteiger partial charge in [-0.3, -0.25) is 10.1 Å². The van der Waals surface area contributed by atoms with Crippen molar-refractivity contribution in [2.75, 3.05) is 19.0 Å². The quantitative estimate of drug-likeness (QED) is 0.705. The first-order valence-corrected chi connectivity index (χ1v) is 6.35. The predicted molar refractivity (Wildman–Crippen MR) is 59.3 cm³/mol. The second-order valence-electron chi connectivity index (χ2n) is 4.53. The molecule has 0 aromatic heterocycles. The van der Waals surface area contributed by atoms with Crippen LogP contribution < -0.4 is 5.32 Å². The van der Waals surface area contributed by atoms with Gasteiger partial charge >= 0.3 is 5.97 Å². The minimum absolute atomic E-state index is 0.421. The number of carboxylic acid groups (broad SMARTS) is 1. The van der Waals surface area contributed by atoms with Crippen molar-refractivity contribution < 1.29 is 14.6 Å². The average molecular weight is 231 g/mol. The lowest BCUT2D eigenvalue weighted by Crippen LogP contribution is -2.53. The largest absolute Gasteiger partial charge is 0.480 e. The van der Waals surface area contributed by atoms with Crippen LogP contribution in [0, 0.1) is 0 Å². The van der Waals surface area contributed by atoms with Gasteiger partial charge < -0.3 is 9.84 Å². The summed E-state index contributed by atoms with van der Waals surface area (Å²) in [5, 5.41) is 12.9. The molecular formula is C10H17NO3S. The summed E-state index contributed by atoms with van der Waals surface area (Å²) in [6.45, 7) is 3.31. The number of carbonyl (C=O) groups is 1. The Morgan fingerprint density at radius 2 is 2.27 bits per heavy atom. The summed E-state index contributed by atoms with van der Waals surface area (Å²) < 4.78 is 5.07. The monoisotopic (exact) mass is 231 g/mol. The molecule has 0 aromatic carbocycles. The van der Waals surface area contributed by atoms with Crippen LogP contribution in [0.25, 0.3) is 0 Å². The van der Waals surface area contributed by atoms with Crippen LogP contribution in [0.4, 0.5) is 0 Å². The molecule has 4 nitrogen and oxygen atoms in total. The molecule has 1 heterocycles. The molecule has 5 heteroatoms. The Kier molecular flexibility index (Phi) is 3.23. The highest BCUT2D eigenvalue weighted by molar-refractivity contribution is 8.00. The van der Waals surface area contributed by atoms with Crippen molar-refractivity contribution in [1.82, 2.24) is 5.32 Å². The van der Waals surface area contributed by atoms with Crippen molar-refractivity contribution in [3.05, 3.63) is 0 Å². The van der Waals surface area contributed by atoms with Crippen LogP contribution >= 0.6 is 11.8 Å². The van der Waals surface area contributed by atoms with E-state index in [1.807, 2.05) is 0 Å². The van der Waals surface area contributed by atoms with Gasteiger partial charge in [0.2, 0.25) is 0 Å². The number of hydrogen-bond donors (Lipinski definition) is 2. The molecule has 0 bridgehead atoms. The van der Waals surface area contributed by atoms with Crippen molar-refractivity contribution in [3.8, 4) is 0 Å². The molecule has 1 aliphatic carbocycles. The minimum atomic E-state index is -0.776. The Hall–Kier alpha value is -0.260. The third kappa shape index (κ3) is 2.86. The van der Waals surface area contributed by atoms with Crippen molar-refractivity contribution in [3.63, 3.8) is 0 Å². The first-order chi connectivity index (χ1) is 7.10. The fourth-order valence-electron chi connectivity index (χ4n) is 1.44. The Bertz CT molecular complexity index is 253. The lowest BCUT2D eigenvalue weighted by molar-refractivity contribution is -0.143. The second kappa shape index (κ2) is 4.31. The maximum Gasteiger partial charge on any atom is 0.324 e. The normalized spacial score (nSPS) is 25.7. The molecule has 2 rings (SSSR count). The van der Waals surface area contributed by atoms with Crippen LogP contribution in [0.5, 0.6) is 0 Å². The molecule has 86 valence electrons. The van der Waals surface area contributed by atoms with Crippen LogP contribution in [-0.2, 0) is 9.53 Å². The van der Waals surface area contributed by atoms with Gasteiger partial charge in [-0.15, -0.1) is 0 Å². The van der Waals surface area contributed by atoms with Gasteiger partial charge in [0.1, 0.15) is 5.54 Å². The van der Waals surface area contributed by atoms with Gasteiger partial charge in [-0.2, -0.15) is 11.8 Å². The third-order valence-corrected chi connectivity index (χ3v) is 4.27. The van der Waals surface area contributed by atoms with Gasteiger partial charge in [0.15, 0.2) is 0 Å². The van der Waals surface area contributed by atoms with E-state index in [0.29, 0.717) is 17.0 Å². The van der Waals surface area contributed by atoms with Gasteiger partial charge in [0.05, 0.1) is 18.5 Å². The SMILES string of the molecule is CC(CSC1COC1)(NC1CC1)C(=O)O. The van der Waals surface area contributed by atoms with E-state index in [1.54, 1.807) is 18.7 Å². The van der Waals surface area contributed by atoms with Crippen LogP contribution in [0.15, 0.2) is 0 Å².